The maximum absolute atomic E-state index is 4.91. The number of aromatic nitrogens is 1. The molecule has 0 aliphatic rings. The van der Waals surface area contributed by atoms with Crippen LogP contribution in [0.4, 0.5) is 0 Å². The van der Waals surface area contributed by atoms with Crippen LogP contribution in [0.25, 0.3) is 0 Å². The van der Waals surface area contributed by atoms with E-state index in [2.05, 4.69) is 9.82 Å². The van der Waals surface area contributed by atoms with E-state index in [0.717, 1.165) is 6.42 Å². The van der Waals surface area contributed by atoms with E-state index >= 15 is 0 Å². The molecule has 2 N–H and O–H groups in total. The zero-order valence-corrected chi connectivity index (χ0v) is 6.58. The van der Waals surface area contributed by atoms with Gasteiger partial charge in [-0.3, -0.25) is 4.98 Å². The summed E-state index contributed by atoms with van der Waals surface area (Å²) in [5.74, 6) is 4.91. The first-order valence-electron chi connectivity index (χ1n) is 3.56. The Morgan fingerprint density at radius 3 is 3.09 bits per heavy atom. The second-order valence-electron chi connectivity index (χ2n) is 2.42. The van der Waals surface area contributed by atoms with E-state index in [-0.39, 0.29) is 0 Å². The monoisotopic (exact) mass is 152 g/mol. The van der Waals surface area contributed by atoms with Gasteiger partial charge in [0, 0.05) is 12.4 Å². The first-order chi connectivity index (χ1) is 5.34. The summed E-state index contributed by atoms with van der Waals surface area (Å²) >= 11 is 0. The van der Waals surface area contributed by atoms with E-state index in [9.17, 15) is 0 Å². The van der Waals surface area contributed by atoms with Crippen LogP contribution in [-0.4, -0.2) is 11.6 Å². The Balaban J connectivity index is 2.62. The van der Waals surface area contributed by atoms with Gasteiger partial charge in [-0.1, -0.05) is 0 Å². The molecule has 0 fully saturated rings. The van der Waals surface area contributed by atoms with E-state index < -0.39 is 0 Å². The van der Waals surface area contributed by atoms with Crippen molar-refractivity contribution in [1.82, 2.24) is 4.98 Å². The second-order valence-corrected chi connectivity index (χ2v) is 2.42. The predicted octanol–water partition coefficient (Wildman–Crippen LogP) is 0.823. The molecule has 0 amide bonds. The average molecular weight is 152 g/mol. The molecule has 0 spiro atoms. The van der Waals surface area contributed by atoms with E-state index in [1.807, 2.05) is 19.2 Å². The van der Waals surface area contributed by atoms with Crippen molar-refractivity contribution in [3.05, 3.63) is 29.6 Å². The van der Waals surface area contributed by atoms with Gasteiger partial charge in [-0.25, -0.2) is 5.90 Å². The first kappa shape index (κ1) is 8.17. The fraction of sp³-hybridized carbons (Fsp3) is 0.375. The van der Waals surface area contributed by atoms with Crippen molar-refractivity contribution in [3.8, 4) is 0 Å². The van der Waals surface area contributed by atoms with Crippen LogP contribution >= 0.6 is 0 Å². The smallest absolute Gasteiger partial charge is 0.0720 e. The Labute approximate surface area is 66.2 Å². The molecule has 0 radical (unpaired) electrons. The van der Waals surface area contributed by atoms with Crippen LogP contribution < -0.4 is 5.90 Å². The van der Waals surface area contributed by atoms with Gasteiger partial charge in [-0.2, -0.15) is 0 Å². The molecular formula is C8H12N2O. The maximum atomic E-state index is 4.91. The topological polar surface area (TPSA) is 48.1 Å². The lowest BCUT2D eigenvalue weighted by atomic mass is 10.1. The summed E-state index contributed by atoms with van der Waals surface area (Å²) in [5.41, 5.74) is 2.43. The Morgan fingerprint density at radius 2 is 2.45 bits per heavy atom. The highest BCUT2D eigenvalue weighted by Crippen LogP contribution is 2.04. The first-order valence-corrected chi connectivity index (χ1v) is 3.56. The zero-order valence-electron chi connectivity index (χ0n) is 6.58. The highest BCUT2D eigenvalue weighted by atomic mass is 16.6. The van der Waals surface area contributed by atoms with Gasteiger partial charge in [0.1, 0.15) is 0 Å². The van der Waals surface area contributed by atoms with Gasteiger partial charge >= 0.3 is 0 Å². The van der Waals surface area contributed by atoms with Crippen molar-refractivity contribution in [2.24, 2.45) is 5.90 Å². The SMILES string of the molecule is Cc1ccncc1CCON. The van der Waals surface area contributed by atoms with Crippen LogP contribution in [0.1, 0.15) is 11.1 Å². The van der Waals surface area contributed by atoms with Crippen LogP contribution in [0.15, 0.2) is 18.5 Å². The molecule has 0 aliphatic heterocycles. The molecule has 3 nitrogen and oxygen atoms in total. The molecule has 3 heteroatoms. The van der Waals surface area contributed by atoms with Gasteiger partial charge in [0.15, 0.2) is 0 Å². The van der Waals surface area contributed by atoms with Crippen LogP contribution in [0.2, 0.25) is 0 Å². The quantitative estimate of drug-likeness (QED) is 0.652. The minimum absolute atomic E-state index is 0.548. The molecule has 0 aliphatic carbocycles. The molecule has 0 atom stereocenters. The van der Waals surface area contributed by atoms with Gasteiger partial charge in [0.2, 0.25) is 0 Å². The summed E-state index contributed by atoms with van der Waals surface area (Å²) in [6.45, 7) is 2.60. The highest BCUT2D eigenvalue weighted by Gasteiger charge is 1.95. The molecule has 1 heterocycles. The summed E-state index contributed by atoms with van der Waals surface area (Å²) in [6.07, 6.45) is 4.45. The van der Waals surface area contributed by atoms with Crippen molar-refractivity contribution < 1.29 is 4.84 Å². The standard InChI is InChI=1S/C8H12N2O/c1-7-2-4-10-6-8(7)3-5-11-9/h2,4,6H,3,5,9H2,1H3. The molecule has 0 saturated carbocycles. The lowest BCUT2D eigenvalue weighted by Gasteiger charge is -2.01. The molecule has 0 bridgehead atoms. The van der Waals surface area contributed by atoms with E-state index in [4.69, 9.17) is 5.90 Å². The number of rotatable bonds is 3. The minimum atomic E-state index is 0.548. The Morgan fingerprint density at radius 1 is 1.64 bits per heavy atom. The third-order valence-corrected chi connectivity index (χ3v) is 1.64. The van der Waals surface area contributed by atoms with E-state index in [0.29, 0.717) is 6.61 Å². The summed E-state index contributed by atoms with van der Waals surface area (Å²) in [7, 11) is 0. The molecular weight excluding hydrogens is 140 g/mol. The van der Waals surface area contributed by atoms with Crippen LogP contribution in [0.5, 0.6) is 0 Å². The normalized spacial score (nSPS) is 10.0. The summed E-state index contributed by atoms with van der Waals surface area (Å²) in [4.78, 5) is 8.48. The van der Waals surface area contributed by atoms with Gasteiger partial charge in [0.05, 0.1) is 6.61 Å². The number of hydrogen-bond acceptors (Lipinski definition) is 3. The third kappa shape index (κ3) is 2.29. The average Bonchev–Trinajstić information content (AvgIpc) is 2.03. The van der Waals surface area contributed by atoms with Crippen LogP contribution in [-0.2, 0) is 11.3 Å². The summed E-state index contributed by atoms with van der Waals surface area (Å²) in [5, 5.41) is 0. The van der Waals surface area contributed by atoms with Gasteiger partial charge in [-0.05, 0) is 30.5 Å². The Hall–Kier alpha value is -0.930. The van der Waals surface area contributed by atoms with Crippen molar-refractivity contribution in [2.75, 3.05) is 6.61 Å². The predicted molar refractivity (Wildman–Crippen MR) is 42.8 cm³/mol. The lowest BCUT2D eigenvalue weighted by Crippen LogP contribution is -2.04. The number of nitrogens with two attached hydrogens (primary N) is 1. The van der Waals surface area contributed by atoms with Gasteiger partial charge < -0.3 is 4.84 Å². The van der Waals surface area contributed by atoms with Gasteiger partial charge in [0.25, 0.3) is 0 Å². The number of hydrogen-bond donors (Lipinski definition) is 1. The largest absolute Gasteiger partial charge is 0.304 e. The summed E-state index contributed by atoms with van der Waals surface area (Å²) in [6, 6.07) is 1.98. The highest BCUT2D eigenvalue weighted by molar-refractivity contribution is 5.21. The molecule has 1 aromatic heterocycles. The van der Waals surface area contributed by atoms with E-state index in [1.165, 1.54) is 11.1 Å². The molecule has 0 saturated heterocycles. The number of aryl methyl sites for hydroxylation is 1. The zero-order chi connectivity index (χ0) is 8.10. The van der Waals surface area contributed by atoms with Crippen molar-refractivity contribution in [2.45, 2.75) is 13.3 Å². The van der Waals surface area contributed by atoms with Crippen molar-refractivity contribution in [3.63, 3.8) is 0 Å². The van der Waals surface area contributed by atoms with Crippen molar-refractivity contribution in [1.29, 1.82) is 0 Å². The molecule has 60 valence electrons. The summed E-state index contributed by atoms with van der Waals surface area (Å²) < 4.78 is 0. The third-order valence-electron chi connectivity index (χ3n) is 1.64. The lowest BCUT2D eigenvalue weighted by molar-refractivity contribution is 0.141. The molecule has 0 aromatic carbocycles. The Kier molecular flexibility index (Phi) is 3.01. The van der Waals surface area contributed by atoms with Crippen LogP contribution in [0, 0.1) is 6.92 Å². The van der Waals surface area contributed by atoms with Crippen molar-refractivity contribution >= 4 is 0 Å². The fourth-order valence-corrected chi connectivity index (χ4v) is 0.927. The van der Waals surface area contributed by atoms with Gasteiger partial charge in [-0.15, -0.1) is 0 Å². The number of nitrogens with zero attached hydrogens (tertiary/aromatic N) is 1. The second kappa shape index (κ2) is 4.05. The number of pyridine rings is 1. The molecule has 11 heavy (non-hydrogen) atoms. The molecule has 1 rings (SSSR count). The molecule has 1 aromatic rings. The minimum Gasteiger partial charge on any atom is -0.304 e. The van der Waals surface area contributed by atoms with E-state index in [1.54, 1.807) is 6.20 Å². The fourth-order valence-electron chi connectivity index (χ4n) is 0.927. The Bertz CT molecular complexity index is 225. The maximum Gasteiger partial charge on any atom is 0.0720 e. The van der Waals surface area contributed by atoms with Crippen LogP contribution in [0.3, 0.4) is 0 Å². The molecule has 0 unspecified atom stereocenters.